The number of benzene rings is 1. The van der Waals surface area contributed by atoms with Crippen LogP contribution < -0.4 is 4.72 Å². The van der Waals surface area contributed by atoms with Gasteiger partial charge in [0.15, 0.2) is 0 Å². The van der Waals surface area contributed by atoms with Crippen molar-refractivity contribution >= 4 is 33.3 Å². The summed E-state index contributed by atoms with van der Waals surface area (Å²) in [5.41, 5.74) is 0.269. The first-order valence-electron chi connectivity index (χ1n) is 4.87. The number of rotatable bonds is 5. The van der Waals surface area contributed by atoms with Crippen LogP contribution in [0.1, 0.15) is 10.4 Å². The van der Waals surface area contributed by atoms with Crippen LogP contribution in [0.5, 0.6) is 0 Å². The van der Waals surface area contributed by atoms with E-state index in [-0.39, 0.29) is 22.9 Å². The molecule has 0 aliphatic heterocycles. The highest BCUT2D eigenvalue weighted by Crippen LogP contribution is 2.17. The zero-order valence-corrected chi connectivity index (χ0v) is 11.2. The Kier molecular flexibility index (Phi) is 4.75. The van der Waals surface area contributed by atoms with Crippen molar-refractivity contribution in [3.05, 3.63) is 41.4 Å². The molecule has 1 aromatic rings. The number of hydrogen-bond donors (Lipinski definition) is 1. The van der Waals surface area contributed by atoms with Gasteiger partial charge < -0.3 is 4.74 Å². The minimum Gasteiger partial charge on any atom is -0.456 e. The van der Waals surface area contributed by atoms with Crippen molar-refractivity contribution in [3.63, 3.8) is 0 Å². The van der Waals surface area contributed by atoms with Crippen molar-refractivity contribution < 1.29 is 17.9 Å². The number of carbonyl (C=O) groups is 1. The van der Waals surface area contributed by atoms with Gasteiger partial charge in [-0.2, -0.15) is 0 Å². The fourth-order valence-electron chi connectivity index (χ4n) is 1.17. The van der Waals surface area contributed by atoms with Crippen LogP contribution in [0.15, 0.2) is 35.9 Å². The molecule has 98 valence electrons. The maximum absolute atomic E-state index is 11.7. The molecule has 1 N–H and O–H groups in total. The molecule has 0 amide bonds. The average Bonchev–Trinajstić information content (AvgIpc) is 2.24. The lowest BCUT2D eigenvalue weighted by Gasteiger charge is -2.09. The van der Waals surface area contributed by atoms with Crippen molar-refractivity contribution in [1.29, 1.82) is 0 Å². The quantitative estimate of drug-likeness (QED) is 0.841. The second-order valence-corrected chi connectivity index (χ2v) is 5.80. The van der Waals surface area contributed by atoms with Gasteiger partial charge in [-0.3, -0.25) is 4.72 Å². The third-order valence-corrected chi connectivity index (χ3v) is 2.50. The Morgan fingerprint density at radius 1 is 1.44 bits per heavy atom. The van der Waals surface area contributed by atoms with Gasteiger partial charge in [0.2, 0.25) is 10.0 Å². The van der Waals surface area contributed by atoms with Crippen molar-refractivity contribution in [3.8, 4) is 0 Å². The van der Waals surface area contributed by atoms with E-state index in [4.69, 9.17) is 16.3 Å². The van der Waals surface area contributed by atoms with Crippen LogP contribution in [-0.2, 0) is 14.8 Å². The standard InChI is InChI=1S/C11H12ClNO4S/c1-8(12)7-17-11(14)9-5-3-4-6-10(9)13-18(2,15)16/h3-6,13H,1,7H2,2H3. The number of ether oxygens (including phenoxy) is 1. The number of carbonyl (C=O) groups excluding carboxylic acids is 1. The molecule has 1 rings (SSSR count). The lowest BCUT2D eigenvalue weighted by atomic mass is 10.2. The van der Waals surface area contributed by atoms with Crippen LogP contribution in [-0.4, -0.2) is 27.2 Å². The Balaban J connectivity index is 2.94. The van der Waals surface area contributed by atoms with E-state index in [1.54, 1.807) is 12.1 Å². The van der Waals surface area contributed by atoms with E-state index in [0.717, 1.165) is 6.26 Å². The third-order valence-electron chi connectivity index (χ3n) is 1.80. The molecule has 7 heteroatoms. The zero-order chi connectivity index (χ0) is 13.8. The summed E-state index contributed by atoms with van der Waals surface area (Å²) in [6.45, 7) is 3.25. The highest BCUT2D eigenvalue weighted by molar-refractivity contribution is 7.92. The van der Waals surface area contributed by atoms with Crippen molar-refractivity contribution in [1.82, 2.24) is 0 Å². The van der Waals surface area contributed by atoms with E-state index in [1.807, 2.05) is 0 Å². The van der Waals surface area contributed by atoms with Crippen molar-refractivity contribution in [2.45, 2.75) is 0 Å². The predicted molar refractivity (Wildman–Crippen MR) is 70.2 cm³/mol. The Hall–Kier alpha value is -1.53. The number of esters is 1. The molecule has 0 unspecified atom stereocenters. The molecule has 0 aromatic heterocycles. The third kappa shape index (κ3) is 4.77. The van der Waals surface area contributed by atoms with Crippen molar-refractivity contribution in [2.75, 3.05) is 17.6 Å². The van der Waals surface area contributed by atoms with Crippen molar-refractivity contribution in [2.24, 2.45) is 0 Å². The molecule has 1 aromatic carbocycles. The molecule has 0 saturated carbocycles. The van der Waals surface area contributed by atoms with Gasteiger partial charge in [-0.1, -0.05) is 30.3 Å². The van der Waals surface area contributed by atoms with Crippen LogP contribution in [0.3, 0.4) is 0 Å². The van der Waals surface area contributed by atoms with Gasteiger partial charge in [-0.15, -0.1) is 0 Å². The van der Waals surface area contributed by atoms with Crippen LogP contribution >= 0.6 is 11.6 Å². The number of anilines is 1. The van der Waals surface area contributed by atoms with E-state index >= 15 is 0 Å². The maximum Gasteiger partial charge on any atom is 0.340 e. The molecule has 0 heterocycles. The van der Waals surface area contributed by atoms with Crippen LogP contribution in [0.25, 0.3) is 0 Å². The highest BCUT2D eigenvalue weighted by atomic mass is 35.5. The van der Waals surface area contributed by atoms with Gasteiger partial charge in [0, 0.05) is 5.03 Å². The van der Waals surface area contributed by atoms with Gasteiger partial charge in [-0.05, 0) is 12.1 Å². The molecule has 0 bridgehead atoms. The molecule has 0 fully saturated rings. The lowest BCUT2D eigenvalue weighted by Crippen LogP contribution is -2.14. The predicted octanol–water partition coefficient (Wildman–Crippen LogP) is 1.97. The summed E-state index contributed by atoms with van der Waals surface area (Å²) in [4.78, 5) is 11.7. The Labute approximate surface area is 110 Å². The molecule has 18 heavy (non-hydrogen) atoms. The summed E-state index contributed by atoms with van der Waals surface area (Å²) in [7, 11) is -3.47. The van der Waals surface area contributed by atoms with Crippen LogP contribution in [0, 0.1) is 0 Å². The summed E-state index contributed by atoms with van der Waals surface area (Å²) in [6, 6.07) is 6.12. The van der Waals surface area contributed by atoms with Crippen LogP contribution in [0.4, 0.5) is 5.69 Å². The molecule has 0 atom stereocenters. The summed E-state index contributed by atoms with van der Waals surface area (Å²) >= 11 is 5.47. The average molecular weight is 290 g/mol. The molecular formula is C11H12ClNO4S. The molecule has 0 radical (unpaired) electrons. The molecule has 0 spiro atoms. The first kappa shape index (κ1) is 14.5. The van der Waals surface area contributed by atoms with Crippen LogP contribution in [0.2, 0.25) is 0 Å². The summed E-state index contributed by atoms with van der Waals surface area (Å²) in [5.74, 6) is -0.677. The normalized spacial score (nSPS) is 10.8. The number of halogens is 1. The number of sulfonamides is 1. The number of para-hydroxylation sites is 1. The summed E-state index contributed by atoms with van der Waals surface area (Å²) in [5, 5.41) is 0.178. The second-order valence-electron chi connectivity index (χ2n) is 3.51. The fraction of sp³-hybridized carbons (Fsp3) is 0.182. The first-order chi connectivity index (χ1) is 8.29. The van der Waals surface area contributed by atoms with Gasteiger partial charge in [-0.25, -0.2) is 13.2 Å². The first-order valence-corrected chi connectivity index (χ1v) is 7.14. The second kappa shape index (κ2) is 5.88. The summed E-state index contributed by atoms with van der Waals surface area (Å²) < 4.78 is 29.4. The van der Waals surface area contributed by atoms with Gasteiger partial charge in [0.1, 0.15) is 6.61 Å². The maximum atomic E-state index is 11.7. The largest absolute Gasteiger partial charge is 0.456 e. The molecule has 0 aliphatic rings. The monoisotopic (exact) mass is 289 g/mol. The number of nitrogens with one attached hydrogen (secondary N) is 1. The van der Waals surface area contributed by atoms with E-state index in [2.05, 4.69) is 11.3 Å². The van der Waals surface area contributed by atoms with E-state index < -0.39 is 16.0 Å². The Morgan fingerprint density at radius 2 is 2.06 bits per heavy atom. The smallest absolute Gasteiger partial charge is 0.340 e. The van der Waals surface area contributed by atoms with E-state index in [1.165, 1.54) is 12.1 Å². The summed E-state index contributed by atoms with van der Waals surface area (Å²) in [6.07, 6.45) is 0.996. The zero-order valence-electron chi connectivity index (χ0n) is 9.64. The Bertz CT molecular complexity index is 568. The highest BCUT2D eigenvalue weighted by Gasteiger charge is 2.14. The molecule has 5 nitrogen and oxygen atoms in total. The molecule has 0 aliphatic carbocycles. The van der Waals surface area contributed by atoms with E-state index in [9.17, 15) is 13.2 Å². The van der Waals surface area contributed by atoms with Gasteiger partial charge >= 0.3 is 5.97 Å². The fourth-order valence-corrected chi connectivity index (χ4v) is 1.80. The lowest BCUT2D eigenvalue weighted by molar-refractivity contribution is 0.0547. The van der Waals surface area contributed by atoms with Gasteiger partial charge in [0.25, 0.3) is 0 Å². The topological polar surface area (TPSA) is 72.5 Å². The SMILES string of the molecule is C=C(Cl)COC(=O)c1ccccc1NS(C)(=O)=O. The minimum atomic E-state index is -3.47. The van der Waals surface area contributed by atoms with Gasteiger partial charge in [0.05, 0.1) is 17.5 Å². The number of hydrogen-bond acceptors (Lipinski definition) is 4. The minimum absolute atomic E-state index is 0.112. The molecule has 0 saturated heterocycles. The van der Waals surface area contributed by atoms with E-state index in [0.29, 0.717) is 0 Å². The molecular weight excluding hydrogens is 278 g/mol. The Morgan fingerprint density at radius 3 is 2.61 bits per heavy atom.